The number of rotatable bonds is 1. The molecule has 0 saturated heterocycles. The van der Waals surface area contributed by atoms with Crippen molar-refractivity contribution in [3.05, 3.63) is 20.8 Å². The average Bonchev–Trinajstić information content (AvgIpc) is 2.01. The van der Waals surface area contributed by atoms with Crippen molar-refractivity contribution in [2.45, 2.75) is 6.18 Å². The van der Waals surface area contributed by atoms with E-state index in [-0.39, 0.29) is 0 Å². The molecule has 0 unspecified atom stereocenters. The van der Waals surface area contributed by atoms with Gasteiger partial charge in [0.25, 0.3) is 5.56 Å². The van der Waals surface area contributed by atoms with E-state index in [1.165, 1.54) is 0 Å². The van der Waals surface area contributed by atoms with Crippen LogP contribution in [0, 0.1) is 4.77 Å². The molecule has 0 aliphatic rings. The van der Waals surface area contributed by atoms with E-state index in [0.717, 1.165) is 7.11 Å². The SMILES string of the molecule is COc1c(C(F)(F)F)[nH]c(=S)[nH]c1=O. The van der Waals surface area contributed by atoms with Crippen molar-refractivity contribution in [2.75, 3.05) is 7.11 Å². The van der Waals surface area contributed by atoms with Crippen LogP contribution < -0.4 is 10.3 Å². The third kappa shape index (κ3) is 1.95. The van der Waals surface area contributed by atoms with Gasteiger partial charge in [-0.25, -0.2) is 0 Å². The van der Waals surface area contributed by atoms with Gasteiger partial charge in [-0.15, -0.1) is 0 Å². The van der Waals surface area contributed by atoms with Crippen LogP contribution in [-0.2, 0) is 6.18 Å². The van der Waals surface area contributed by atoms with Gasteiger partial charge in [0, 0.05) is 0 Å². The smallest absolute Gasteiger partial charge is 0.435 e. The summed E-state index contributed by atoms with van der Waals surface area (Å²) in [7, 11) is 0.969. The molecule has 1 rings (SSSR count). The molecule has 0 bridgehead atoms. The molecule has 1 aromatic heterocycles. The van der Waals surface area contributed by atoms with E-state index in [0.29, 0.717) is 0 Å². The standard InChI is InChI=1S/C6H5F3N2O2S/c1-13-2-3(6(7,8)9)10-5(14)11-4(2)12/h1H3,(H2,10,11,12,14). The van der Waals surface area contributed by atoms with Gasteiger partial charge in [0.15, 0.2) is 10.5 Å². The number of halogens is 3. The van der Waals surface area contributed by atoms with Crippen LogP contribution in [0.25, 0.3) is 0 Å². The molecule has 14 heavy (non-hydrogen) atoms. The highest BCUT2D eigenvalue weighted by Crippen LogP contribution is 2.31. The summed E-state index contributed by atoms with van der Waals surface area (Å²) in [6.07, 6.45) is -4.70. The number of aromatic amines is 2. The molecule has 78 valence electrons. The number of nitrogens with one attached hydrogen (secondary N) is 2. The zero-order chi connectivity index (χ0) is 10.9. The van der Waals surface area contributed by atoms with Crippen LogP contribution in [0.15, 0.2) is 4.79 Å². The molecule has 1 aromatic rings. The quantitative estimate of drug-likeness (QED) is 0.713. The first-order valence-corrected chi connectivity index (χ1v) is 3.75. The van der Waals surface area contributed by atoms with E-state index in [1.54, 1.807) is 0 Å². The maximum Gasteiger partial charge on any atom is 0.435 e. The molecule has 0 atom stereocenters. The maximum atomic E-state index is 12.3. The van der Waals surface area contributed by atoms with Crippen molar-refractivity contribution < 1.29 is 17.9 Å². The number of aromatic nitrogens is 2. The number of hydrogen-bond acceptors (Lipinski definition) is 3. The minimum Gasteiger partial charge on any atom is -0.490 e. The number of ether oxygens (including phenoxy) is 1. The predicted octanol–water partition coefficient (Wildman–Crippen LogP) is 1.46. The molecule has 1 heterocycles. The van der Waals surface area contributed by atoms with Crippen molar-refractivity contribution in [1.82, 2.24) is 9.97 Å². The molecular formula is C6H5F3N2O2S. The first-order chi connectivity index (χ1) is 6.36. The Morgan fingerprint density at radius 2 is 1.93 bits per heavy atom. The summed E-state index contributed by atoms with van der Waals surface area (Å²) in [5, 5.41) is 0. The van der Waals surface area contributed by atoms with Crippen LogP contribution in [0.3, 0.4) is 0 Å². The monoisotopic (exact) mass is 226 g/mol. The van der Waals surface area contributed by atoms with Crippen LogP contribution in [0.4, 0.5) is 13.2 Å². The van der Waals surface area contributed by atoms with E-state index in [1.807, 2.05) is 9.97 Å². The molecule has 0 radical (unpaired) electrons. The second-order valence-electron chi connectivity index (χ2n) is 2.31. The van der Waals surface area contributed by atoms with Gasteiger partial charge < -0.3 is 9.72 Å². The lowest BCUT2D eigenvalue weighted by Gasteiger charge is -2.09. The second kappa shape index (κ2) is 3.45. The van der Waals surface area contributed by atoms with Gasteiger partial charge in [-0.1, -0.05) is 0 Å². The van der Waals surface area contributed by atoms with Gasteiger partial charge in [-0.05, 0) is 12.2 Å². The minimum atomic E-state index is -4.70. The minimum absolute atomic E-state index is 0.400. The summed E-state index contributed by atoms with van der Waals surface area (Å²) in [4.78, 5) is 14.8. The van der Waals surface area contributed by atoms with Gasteiger partial charge in [0.1, 0.15) is 0 Å². The summed E-state index contributed by atoms with van der Waals surface area (Å²) in [5.74, 6) is -0.828. The van der Waals surface area contributed by atoms with Crippen molar-refractivity contribution in [1.29, 1.82) is 0 Å². The van der Waals surface area contributed by atoms with Crippen molar-refractivity contribution >= 4 is 12.2 Å². The van der Waals surface area contributed by atoms with E-state index >= 15 is 0 Å². The van der Waals surface area contributed by atoms with Crippen LogP contribution in [0.1, 0.15) is 5.69 Å². The zero-order valence-corrected chi connectivity index (χ0v) is 7.68. The lowest BCUT2D eigenvalue weighted by Crippen LogP contribution is -2.19. The van der Waals surface area contributed by atoms with Crippen LogP contribution in [0.5, 0.6) is 5.75 Å². The first kappa shape index (κ1) is 10.8. The Balaban J connectivity index is 3.57. The van der Waals surface area contributed by atoms with Gasteiger partial charge in [-0.2, -0.15) is 13.2 Å². The molecule has 0 fully saturated rings. The highest BCUT2D eigenvalue weighted by molar-refractivity contribution is 7.71. The molecule has 0 aliphatic carbocycles. The van der Waals surface area contributed by atoms with E-state index in [4.69, 9.17) is 0 Å². The molecule has 0 aliphatic heterocycles. The zero-order valence-electron chi connectivity index (χ0n) is 6.86. The Hall–Kier alpha value is -1.31. The number of methoxy groups -OCH3 is 1. The third-order valence-electron chi connectivity index (χ3n) is 1.39. The highest BCUT2D eigenvalue weighted by atomic mass is 32.1. The molecule has 2 N–H and O–H groups in total. The van der Waals surface area contributed by atoms with Gasteiger partial charge in [0.2, 0.25) is 5.75 Å². The number of hydrogen-bond donors (Lipinski definition) is 2. The molecule has 0 amide bonds. The largest absolute Gasteiger partial charge is 0.490 e. The topological polar surface area (TPSA) is 57.9 Å². The Morgan fingerprint density at radius 3 is 2.36 bits per heavy atom. The van der Waals surface area contributed by atoms with E-state index < -0.39 is 28.0 Å². The summed E-state index contributed by atoms with van der Waals surface area (Å²) in [5.41, 5.74) is -2.29. The first-order valence-electron chi connectivity index (χ1n) is 3.34. The summed E-state index contributed by atoms with van der Waals surface area (Å²) < 4.78 is 40.8. The van der Waals surface area contributed by atoms with Crippen LogP contribution in [0.2, 0.25) is 0 Å². The fraction of sp³-hybridized carbons (Fsp3) is 0.333. The predicted molar refractivity (Wildman–Crippen MR) is 43.8 cm³/mol. The summed E-state index contributed by atoms with van der Waals surface area (Å²) in [6.45, 7) is 0. The lowest BCUT2D eigenvalue weighted by molar-refractivity contribution is -0.142. The lowest BCUT2D eigenvalue weighted by atomic mass is 10.3. The van der Waals surface area contributed by atoms with E-state index in [9.17, 15) is 18.0 Å². The van der Waals surface area contributed by atoms with Crippen molar-refractivity contribution in [2.24, 2.45) is 0 Å². The Kier molecular flexibility index (Phi) is 2.65. The second-order valence-corrected chi connectivity index (χ2v) is 2.72. The van der Waals surface area contributed by atoms with Crippen molar-refractivity contribution in [3.8, 4) is 5.75 Å². The number of H-pyrrole nitrogens is 2. The normalized spacial score (nSPS) is 11.4. The van der Waals surface area contributed by atoms with Crippen molar-refractivity contribution in [3.63, 3.8) is 0 Å². The Labute approximate surface area is 80.7 Å². The fourth-order valence-corrected chi connectivity index (χ4v) is 1.06. The van der Waals surface area contributed by atoms with E-state index in [2.05, 4.69) is 17.0 Å². The number of alkyl halides is 3. The molecule has 0 aromatic carbocycles. The molecule has 0 saturated carbocycles. The average molecular weight is 226 g/mol. The van der Waals surface area contributed by atoms with Crippen LogP contribution in [-0.4, -0.2) is 17.1 Å². The molecule has 0 spiro atoms. The fourth-order valence-electron chi connectivity index (χ4n) is 0.869. The Morgan fingerprint density at radius 1 is 1.36 bits per heavy atom. The molecule has 8 heteroatoms. The van der Waals surface area contributed by atoms with Gasteiger partial charge in [0.05, 0.1) is 7.11 Å². The summed E-state index contributed by atoms with van der Waals surface area (Å²) >= 11 is 4.40. The van der Waals surface area contributed by atoms with Gasteiger partial charge >= 0.3 is 6.18 Å². The molecular weight excluding hydrogens is 221 g/mol. The highest BCUT2D eigenvalue weighted by Gasteiger charge is 2.36. The van der Waals surface area contributed by atoms with Crippen LogP contribution >= 0.6 is 12.2 Å². The molecule has 4 nitrogen and oxygen atoms in total. The Bertz CT molecular complexity index is 448. The third-order valence-corrected chi connectivity index (χ3v) is 1.59. The maximum absolute atomic E-state index is 12.3. The van der Waals surface area contributed by atoms with Gasteiger partial charge in [-0.3, -0.25) is 9.78 Å². The summed E-state index contributed by atoms with van der Waals surface area (Å²) in [6, 6.07) is 0.